The van der Waals surface area contributed by atoms with Gasteiger partial charge in [-0.2, -0.15) is 4.37 Å². The zero-order valence-corrected chi connectivity index (χ0v) is 11.5. The van der Waals surface area contributed by atoms with Crippen LogP contribution in [0.4, 0.5) is 4.39 Å². The van der Waals surface area contributed by atoms with Crippen LogP contribution in [0.2, 0.25) is 0 Å². The number of halogens is 1. The summed E-state index contributed by atoms with van der Waals surface area (Å²) in [7, 11) is 0. The molecule has 2 rings (SSSR count). The fraction of sp³-hybridized carbons (Fsp3) is 0.333. The van der Waals surface area contributed by atoms with Crippen molar-refractivity contribution in [3.05, 3.63) is 42.0 Å². The molecule has 2 aromatic rings. The van der Waals surface area contributed by atoms with Crippen molar-refractivity contribution in [1.82, 2.24) is 9.36 Å². The minimum Gasteiger partial charge on any atom is -0.326 e. The van der Waals surface area contributed by atoms with Gasteiger partial charge >= 0.3 is 0 Å². The molecule has 0 aliphatic carbocycles. The first-order valence-corrected chi connectivity index (χ1v) is 7.30. The van der Waals surface area contributed by atoms with E-state index in [1.165, 1.54) is 30.0 Å². The molecule has 0 bridgehead atoms. The Morgan fingerprint density at radius 1 is 1.50 bits per heavy atom. The molecule has 0 saturated carbocycles. The van der Waals surface area contributed by atoms with Crippen LogP contribution in [0.3, 0.4) is 0 Å². The fourth-order valence-corrected chi connectivity index (χ4v) is 3.49. The molecule has 2 unspecified atom stereocenters. The first kappa shape index (κ1) is 13.5. The lowest BCUT2D eigenvalue weighted by Gasteiger charge is -2.21. The van der Waals surface area contributed by atoms with Crippen LogP contribution in [0.5, 0.6) is 0 Å². The molecule has 0 fully saturated rings. The van der Waals surface area contributed by atoms with Gasteiger partial charge in [0.05, 0.1) is 5.25 Å². The highest BCUT2D eigenvalue weighted by Gasteiger charge is 2.21. The van der Waals surface area contributed by atoms with Crippen molar-refractivity contribution in [3.63, 3.8) is 0 Å². The maximum atomic E-state index is 13.3. The normalized spacial score (nSPS) is 14.4. The zero-order chi connectivity index (χ0) is 13.0. The van der Waals surface area contributed by atoms with Crippen molar-refractivity contribution in [2.75, 3.05) is 0 Å². The first-order valence-electron chi connectivity index (χ1n) is 5.65. The number of thioether (sulfide) groups is 1. The standard InChI is InChI=1S/C12H14FN3S2/c1-2-10(14)11(17-12-15-7-16-18-12)8-4-3-5-9(13)6-8/h3-7,10-11H,2,14H2,1H3. The molecule has 2 N–H and O–H groups in total. The average Bonchev–Trinajstić information content (AvgIpc) is 2.88. The number of nitrogens with zero attached hydrogens (tertiary/aromatic N) is 2. The first-order chi connectivity index (χ1) is 8.70. The van der Waals surface area contributed by atoms with Gasteiger partial charge in [-0.05, 0) is 35.6 Å². The van der Waals surface area contributed by atoms with Crippen molar-refractivity contribution in [1.29, 1.82) is 0 Å². The van der Waals surface area contributed by atoms with E-state index in [9.17, 15) is 4.39 Å². The van der Waals surface area contributed by atoms with E-state index in [4.69, 9.17) is 5.73 Å². The van der Waals surface area contributed by atoms with E-state index in [1.807, 2.05) is 13.0 Å². The van der Waals surface area contributed by atoms with E-state index in [1.54, 1.807) is 17.8 Å². The van der Waals surface area contributed by atoms with Crippen LogP contribution < -0.4 is 5.73 Å². The van der Waals surface area contributed by atoms with Crippen molar-refractivity contribution in [2.45, 2.75) is 29.0 Å². The largest absolute Gasteiger partial charge is 0.326 e. The van der Waals surface area contributed by atoms with Gasteiger partial charge in [-0.25, -0.2) is 9.37 Å². The third-order valence-corrected chi connectivity index (χ3v) is 4.76. The highest BCUT2D eigenvalue weighted by molar-refractivity contribution is 8.01. The number of hydrogen-bond acceptors (Lipinski definition) is 5. The molecule has 6 heteroatoms. The Morgan fingerprint density at radius 3 is 2.94 bits per heavy atom. The van der Waals surface area contributed by atoms with Gasteiger partial charge in [-0.3, -0.25) is 0 Å². The monoisotopic (exact) mass is 283 g/mol. The molecule has 0 spiro atoms. The van der Waals surface area contributed by atoms with Crippen LogP contribution in [-0.4, -0.2) is 15.4 Å². The molecule has 0 amide bonds. The minimum absolute atomic E-state index is 0.00125. The van der Waals surface area contributed by atoms with Crippen molar-refractivity contribution in [2.24, 2.45) is 5.73 Å². The van der Waals surface area contributed by atoms with Crippen molar-refractivity contribution >= 4 is 23.3 Å². The zero-order valence-electron chi connectivity index (χ0n) is 9.91. The predicted molar refractivity (Wildman–Crippen MR) is 73.2 cm³/mol. The van der Waals surface area contributed by atoms with Crippen LogP contribution in [-0.2, 0) is 0 Å². The smallest absolute Gasteiger partial charge is 0.170 e. The molecule has 0 aliphatic heterocycles. The maximum Gasteiger partial charge on any atom is 0.170 e. The van der Waals surface area contributed by atoms with Crippen LogP contribution in [0, 0.1) is 5.82 Å². The molecule has 2 atom stereocenters. The van der Waals surface area contributed by atoms with Gasteiger partial charge in [0, 0.05) is 6.04 Å². The second-order valence-corrected chi connectivity index (χ2v) is 6.04. The molecular formula is C12H14FN3S2. The van der Waals surface area contributed by atoms with Gasteiger partial charge < -0.3 is 5.73 Å². The average molecular weight is 283 g/mol. The lowest BCUT2D eigenvalue weighted by molar-refractivity contribution is 0.610. The molecule has 0 saturated heterocycles. The van der Waals surface area contributed by atoms with Crippen molar-refractivity contribution in [3.8, 4) is 0 Å². The third kappa shape index (κ3) is 3.28. The number of benzene rings is 1. The fourth-order valence-electron chi connectivity index (χ4n) is 1.62. The topological polar surface area (TPSA) is 51.8 Å². The predicted octanol–water partition coefficient (Wildman–Crippen LogP) is 3.25. The summed E-state index contributed by atoms with van der Waals surface area (Å²) in [4.78, 5) is 4.14. The van der Waals surface area contributed by atoms with Gasteiger partial charge in [0.1, 0.15) is 12.1 Å². The van der Waals surface area contributed by atoms with Gasteiger partial charge in [0.25, 0.3) is 0 Å². The number of aromatic nitrogens is 2. The Kier molecular flexibility index (Phi) is 4.68. The molecule has 0 aliphatic rings. The second kappa shape index (κ2) is 6.26. The van der Waals surface area contributed by atoms with Crippen LogP contribution in [0.15, 0.2) is 34.9 Å². The molecule has 3 nitrogen and oxygen atoms in total. The van der Waals surface area contributed by atoms with E-state index >= 15 is 0 Å². The van der Waals surface area contributed by atoms with E-state index in [0.717, 1.165) is 16.3 Å². The Bertz CT molecular complexity index is 490. The summed E-state index contributed by atoms with van der Waals surface area (Å²) in [6.07, 6.45) is 2.35. The summed E-state index contributed by atoms with van der Waals surface area (Å²) >= 11 is 2.87. The van der Waals surface area contributed by atoms with Crippen LogP contribution in [0.1, 0.15) is 24.2 Å². The molecule has 1 aromatic heterocycles. The molecule has 0 radical (unpaired) electrons. The second-order valence-electron chi connectivity index (χ2n) is 3.87. The van der Waals surface area contributed by atoms with Crippen LogP contribution in [0.25, 0.3) is 0 Å². The van der Waals surface area contributed by atoms with Crippen molar-refractivity contribution < 1.29 is 4.39 Å². The summed E-state index contributed by atoms with van der Waals surface area (Å²) in [6.45, 7) is 2.03. The summed E-state index contributed by atoms with van der Waals surface area (Å²) in [5.41, 5.74) is 7.02. The van der Waals surface area contributed by atoms with Gasteiger partial charge in [-0.15, -0.1) is 0 Å². The Balaban J connectivity index is 2.25. The molecule has 1 aromatic carbocycles. The minimum atomic E-state index is -0.237. The highest BCUT2D eigenvalue weighted by Crippen LogP contribution is 2.38. The van der Waals surface area contributed by atoms with E-state index < -0.39 is 0 Å². The SMILES string of the molecule is CCC(N)C(Sc1ncns1)c1cccc(F)c1. The number of nitrogens with two attached hydrogens (primary N) is 1. The lowest BCUT2D eigenvalue weighted by atomic mass is 10.0. The molecule has 96 valence electrons. The number of hydrogen-bond donors (Lipinski definition) is 1. The van der Waals surface area contributed by atoms with E-state index in [-0.39, 0.29) is 17.1 Å². The highest BCUT2D eigenvalue weighted by atomic mass is 32.2. The quantitative estimate of drug-likeness (QED) is 0.856. The van der Waals surface area contributed by atoms with Crippen LogP contribution >= 0.6 is 23.3 Å². The number of rotatable bonds is 5. The maximum absolute atomic E-state index is 13.3. The summed E-state index contributed by atoms with van der Waals surface area (Å²) in [6, 6.07) is 6.54. The Morgan fingerprint density at radius 2 is 2.33 bits per heavy atom. The third-order valence-electron chi connectivity index (χ3n) is 2.61. The van der Waals surface area contributed by atoms with E-state index in [0.29, 0.717) is 0 Å². The molecule has 18 heavy (non-hydrogen) atoms. The van der Waals surface area contributed by atoms with E-state index in [2.05, 4.69) is 9.36 Å². The summed E-state index contributed by atoms with van der Waals surface area (Å²) in [5.74, 6) is -0.237. The summed E-state index contributed by atoms with van der Waals surface area (Å²) in [5, 5.41) is -0.00125. The molecular weight excluding hydrogens is 269 g/mol. The summed E-state index contributed by atoms with van der Waals surface area (Å²) < 4.78 is 18.1. The van der Waals surface area contributed by atoms with Gasteiger partial charge in [-0.1, -0.05) is 30.8 Å². The lowest BCUT2D eigenvalue weighted by Crippen LogP contribution is -2.25. The van der Waals surface area contributed by atoms with Gasteiger partial charge in [0.2, 0.25) is 0 Å². The Hall–Kier alpha value is -0.980. The Labute approximate surface area is 114 Å². The molecule has 1 heterocycles. The van der Waals surface area contributed by atoms with Gasteiger partial charge in [0.15, 0.2) is 4.34 Å².